The van der Waals surface area contributed by atoms with Crippen LogP contribution < -0.4 is 16.2 Å². The summed E-state index contributed by atoms with van der Waals surface area (Å²) < 4.78 is 6.96. The van der Waals surface area contributed by atoms with E-state index in [2.05, 4.69) is 16.7 Å². The number of anilines is 1. The van der Waals surface area contributed by atoms with Crippen molar-refractivity contribution in [2.24, 2.45) is 0 Å². The van der Waals surface area contributed by atoms with Crippen LogP contribution in [0.1, 0.15) is 40.4 Å². The van der Waals surface area contributed by atoms with Crippen molar-refractivity contribution in [2.45, 2.75) is 51.4 Å². The molecule has 3 aliphatic heterocycles. The van der Waals surface area contributed by atoms with E-state index in [9.17, 15) is 9.59 Å². The van der Waals surface area contributed by atoms with Gasteiger partial charge in [0.25, 0.3) is 5.56 Å². The monoisotopic (exact) mass is 567 g/mol. The molecule has 5 heterocycles. The highest BCUT2D eigenvalue weighted by Crippen LogP contribution is 2.37. The maximum atomic E-state index is 13.9. The number of nitrogens with zero attached hydrogens (tertiary/aromatic N) is 5. The fourth-order valence-corrected chi connectivity index (χ4v) is 7.13. The number of rotatable bonds is 5. The Hall–Kier alpha value is -4.27. The Balaban J connectivity index is 1.29. The second-order valence-electron chi connectivity index (χ2n) is 10.9. The van der Waals surface area contributed by atoms with Gasteiger partial charge >= 0.3 is 6.09 Å². The Bertz CT molecular complexity index is 1750. The summed E-state index contributed by atoms with van der Waals surface area (Å²) >= 11 is 1.68. The lowest BCUT2D eigenvalue weighted by Gasteiger charge is -2.33. The molecule has 41 heavy (non-hydrogen) atoms. The highest BCUT2D eigenvalue weighted by atomic mass is 32.1. The Morgan fingerprint density at radius 1 is 1.22 bits per heavy atom. The number of aryl methyl sites for hydroxylation is 1. The molecule has 0 radical (unpaired) electrons. The molecule has 0 bridgehead atoms. The molecule has 7 rings (SSSR count). The molecule has 2 aromatic carbocycles. The average molecular weight is 568 g/mol. The molecule has 0 unspecified atom stereocenters. The highest BCUT2D eigenvalue weighted by molar-refractivity contribution is 7.15. The standard InChI is InChI=1S/C30H29N7O3S/c1-17-33-26-11-22(28-35-24-6-8-32-14-27(24)41-28)25(34-20-7-9-36-21(10-20)16-40-30(36)39)12-23(26)29(38)37(17)15-19-4-2-18(13-31)3-5-19/h2-5,11-12,20-21,32,34H,6-10,14-16H2,1H3/t20-,21-/m0/s1. The smallest absolute Gasteiger partial charge is 0.410 e. The number of hydrogen-bond donors (Lipinski definition) is 2. The molecule has 2 N–H and O–H groups in total. The largest absolute Gasteiger partial charge is 0.447 e. The maximum Gasteiger partial charge on any atom is 0.410 e. The zero-order chi connectivity index (χ0) is 28.1. The molecule has 2 fully saturated rings. The van der Waals surface area contributed by atoms with Gasteiger partial charge in [0.15, 0.2) is 0 Å². The van der Waals surface area contributed by atoms with Gasteiger partial charge in [-0.1, -0.05) is 12.1 Å². The minimum atomic E-state index is -0.230. The zero-order valence-corrected chi connectivity index (χ0v) is 23.5. The van der Waals surface area contributed by atoms with Crippen molar-refractivity contribution in [1.29, 1.82) is 5.26 Å². The fourth-order valence-electron chi connectivity index (χ4n) is 6.02. The van der Waals surface area contributed by atoms with E-state index < -0.39 is 0 Å². The van der Waals surface area contributed by atoms with Gasteiger partial charge in [0.2, 0.25) is 0 Å². The van der Waals surface area contributed by atoms with Crippen molar-refractivity contribution < 1.29 is 9.53 Å². The van der Waals surface area contributed by atoms with Crippen LogP contribution in [0.4, 0.5) is 10.5 Å². The lowest BCUT2D eigenvalue weighted by Crippen LogP contribution is -2.45. The third kappa shape index (κ3) is 4.73. The van der Waals surface area contributed by atoms with Crippen LogP contribution in [-0.4, -0.2) is 57.3 Å². The number of ether oxygens (including phenoxy) is 1. The number of fused-ring (bicyclic) bond motifs is 3. The Morgan fingerprint density at radius 3 is 2.88 bits per heavy atom. The number of aromatic nitrogens is 3. The number of hydrogen-bond acceptors (Lipinski definition) is 9. The molecule has 2 atom stereocenters. The van der Waals surface area contributed by atoms with Gasteiger partial charge in [-0.3, -0.25) is 9.36 Å². The predicted molar refractivity (Wildman–Crippen MR) is 156 cm³/mol. The lowest BCUT2D eigenvalue weighted by atomic mass is 9.97. The number of nitriles is 1. The minimum absolute atomic E-state index is 0.0601. The van der Waals surface area contributed by atoms with Gasteiger partial charge in [-0.15, -0.1) is 11.3 Å². The summed E-state index contributed by atoms with van der Waals surface area (Å²) in [6.07, 6.45) is 2.23. The van der Waals surface area contributed by atoms with Gasteiger partial charge in [0.1, 0.15) is 17.4 Å². The number of cyclic esters (lactones) is 1. The van der Waals surface area contributed by atoms with E-state index in [1.807, 2.05) is 36.1 Å². The van der Waals surface area contributed by atoms with Gasteiger partial charge in [0, 0.05) is 48.2 Å². The van der Waals surface area contributed by atoms with Crippen LogP contribution in [0, 0.1) is 18.3 Å². The SMILES string of the molecule is Cc1nc2cc(-c3nc4c(s3)CNCC4)c(N[C@H]3CCN4C(=O)OC[C@@H]4C3)cc2c(=O)n1Cc1ccc(C#N)cc1. The average Bonchev–Trinajstić information content (AvgIpc) is 3.59. The van der Waals surface area contributed by atoms with Crippen LogP contribution in [0.2, 0.25) is 0 Å². The number of benzene rings is 2. The summed E-state index contributed by atoms with van der Waals surface area (Å²) in [7, 11) is 0. The Morgan fingerprint density at radius 2 is 2.07 bits per heavy atom. The van der Waals surface area contributed by atoms with Crippen molar-refractivity contribution in [3.63, 3.8) is 0 Å². The van der Waals surface area contributed by atoms with E-state index in [4.69, 9.17) is 20.0 Å². The number of nitrogens with one attached hydrogen (secondary N) is 2. The molecule has 3 aliphatic rings. The van der Waals surface area contributed by atoms with Crippen LogP contribution in [0.15, 0.2) is 41.2 Å². The highest BCUT2D eigenvalue weighted by Gasteiger charge is 2.38. The topological polar surface area (TPSA) is 125 Å². The number of amides is 1. The second kappa shape index (κ2) is 10.3. The van der Waals surface area contributed by atoms with E-state index in [1.165, 1.54) is 4.88 Å². The summed E-state index contributed by atoms with van der Waals surface area (Å²) in [4.78, 5) is 38.8. The molecule has 0 spiro atoms. The number of carbonyl (C=O) groups is 1. The first kappa shape index (κ1) is 25.7. The quantitative estimate of drug-likeness (QED) is 0.373. The second-order valence-corrected chi connectivity index (χ2v) is 12.0. The first-order valence-corrected chi connectivity index (χ1v) is 14.7. The molecular formula is C30H29N7O3S. The van der Waals surface area contributed by atoms with E-state index in [1.54, 1.807) is 28.0 Å². The summed E-state index contributed by atoms with van der Waals surface area (Å²) in [5.74, 6) is 0.624. The minimum Gasteiger partial charge on any atom is -0.447 e. The molecule has 208 valence electrons. The number of piperidine rings is 1. The van der Waals surface area contributed by atoms with Crippen LogP contribution in [0.25, 0.3) is 21.5 Å². The lowest BCUT2D eigenvalue weighted by molar-refractivity contribution is 0.153. The first-order chi connectivity index (χ1) is 20.0. The van der Waals surface area contributed by atoms with Crippen molar-refractivity contribution in [2.75, 3.05) is 25.0 Å². The number of carbonyl (C=O) groups excluding carboxylic acids is 1. The van der Waals surface area contributed by atoms with Crippen LogP contribution >= 0.6 is 11.3 Å². The van der Waals surface area contributed by atoms with Crippen LogP contribution in [0.5, 0.6) is 0 Å². The van der Waals surface area contributed by atoms with Crippen molar-refractivity contribution in [3.05, 3.63) is 74.3 Å². The van der Waals surface area contributed by atoms with Gasteiger partial charge in [-0.05, 0) is 49.6 Å². The van der Waals surface area contributed by atoms with Crippen molar-refractivity contribution in [3.8, 4) is 16.6 Å². The molecule has 4 aromatic rings. The van der Waals surface area contributed by atoms with E-state index >= 15 is 0 Å². The summed E-state index contributed by atoms with van der Waals surface area (Å²) in [5, 5.41) is 17.7. The molecule has 0 aliphatic carbocycles. The molecular weight excluding hydrogens is 538 g/mol. The molecule has 1 amide bonds. The summed E-state index contributed by atoms with van der Waals surface area (Å²) in [6.45, 7) is 5.00. The Labute approximate surface area is 240 Å². The maximum absolute atomic E-state index is 13.9. The van der Waals surface area contributed by atoms with Crippen molar-refractivity contribution in [1.82, 2.24) is 24.8 Å². The molecule has 2 aromatic heterocycles. The zero-order valence-electron chi connectivity index (χ0n) is 22.6. The van der Waals surface area contributed by atoms with Crippen molar-refractivity contribution >= 4 is 34.0 Å². The third-order valence-electron chi connectivity index (χ3n) is 8.25. The van der Waals surface area contributed by atoms with Gasteiger partial charge in [-0.2, -0.15) is 5.26 Å². The molecule has 2 saturated heterocycles. The predicted octanol–water partition coefficient (Wildman–Crippen LogP) is 3.79. The summed E-state index contributed by atoms with van der Waals surface area (Å²) in [6, 6.07) is 13.5. The number of thiazole rings is 1. The fraction of sp³-hybridized carbons (Fsp3) is 0.367. The van der Waals surface area contributed by atoms with E-state index in [0.29, 0.717) is 42.0 Å². The van der Waals surface area contributed by atoms with E-state index in [-0.39, 0.29) is 23.7 Å². The normalized spacial score (nSPS) is 19.9. The molecule has 0 saturated carbocycles. The molecule has 11 heteroatoms. The first-order valence-electron chi connectivity index (χ1n) is 13.9. The molecule has 10 nitrogen and oxygen atoms in total. The van der Waals surface area contributed by atoms with Gasteiger partial charge in [-0.25, -0.2) is 14.8 Å². The van der Waals surface area contributed by atoms with Gasteiger partial charge in [0.05, 0.1) is 40.8 Å². The van der Waals surface area contributed by atoms with E-state index in [0.717, 1.165) is 59.9 Å². The van der Waals surface area contributed by atoms with Crippen LogP contribution in [-0.2, 0) is 24.2 Å². The van der Waals surface area contributed by atoms with Gasteiger partial charge < -0.3 is 20.3 Å². The Kier molecular flexibility index (Phi) is 6.44. The third-order valence-corrected chi connectivity index (χ3v) is 9.38. The summed E-state index contributed by atoms with van der Waals surface area (Å²) in [5.41, 5.74) is 4.96. The van der Waals surface area contributed by atoms with Crippen LogP contribution in [0.3, 0.4) is 0 Å².